The van der Waals surface area contributed by atoms with Crippen LogP contribution in [0.1, 0.15) is 23.8 Å². The third kappa shape index (κ3) is 3.38. The van der Waals surface area contributed by atoms with Gasteiger partial charge in [0, 0.05) is 12.2 Å². The maximum atomic E-state index is 5.60. The fourth-order valence-electron chi connectivity index (χ4n) is 2.35. The summed E-state index contributed by atoms with van der Waals surface area (Å²) >= 11 is 0. The molecule has 0 fully saturated rings. The molecule has 102 valence electrons. The summed E-state index contributed by atoms with van der Waals surface area (Å²) in [5.74, 6) is 0.993. The number of anilines is 1. The lowest BCUT2D eigenvalue weighted by Crippen LogP contribution is -2.22. The second kappa shape index (κ2) is 6.43. The van der Waals surface area contributed by atoms with Gasteiger partial charge in [-0.2, -0.15) is 0 Å². The molecule has 1 aromatic heterocycles. The summed E-state index contributed by atoms with van der Waals surface area (Å²) in [6.07, 6.45) is 2.66. The van der Waals surface area contributed by atoms with E-state index < -0.39 is 0 Å². The Bertz CT molecular complexity index is 505. The predicted molar refractivity (Wildman–Crippen MR) is 79.4 cm³/mol. The standard InChI is InChI=1S/C16H22N2O/c1-3-18(12-15-5-4-10-19-15)16-7-6-14(8-9-17)11-13(16)2/h4-7,10-11H,3,8-9,12,17H2,1-2H3. The van der Waals surface area contributed by atoms with Gasteiger partial charge in [0.05, 0.1) is 12.8 Å². The molecule has 3 nitrogen and oxygen atoms in total. The number of nitrogens with zero attached hydrogens (tertiary/aromatic N) is 1. The van der Waals surface area contributed by atoms with Crippen LogP contribution in [0.5, 0.6) is 0 Å². The SMILES string of the molecule is CCN(Cc1ccco1)c1ccc(CCN)cc1C. The fourth-order valence-corrected chi connectivity index (χ4v) is 2.35. The minimum atomic E-state index is 0.697. The Morgan fingerprint density at radius 3 is 2.68 bits per heavy atom. The van der Waals surface area contributed by atoms with E-state index in [1.54, 1.807) is 6.26 Å². The number of furan rings is 1. The highest BCUT2D eigenvalue weighted by Gasteiger charge is 2.10. The van der Waals surface area contributed by atoms with Crippen molar-refractivity contribution < 1.29 is 4.42 Å². The summed E-state index contributed by atoms with van der Waals surface area (Å²) in [5, 5.41) is 0. The Labute approximate surface area is 115 Å². The van der Waals surface area contributed by atoms with E-state index in [0.717, 1.165) is 25.3 Å². The first-order valence-electron chi connectivity index (χ1n) is 6.81. The van der Waals surface area contributed by atoms with Gasteiger partial charge in [-0.05, 0) is 56.1 Å². The zero-order valence-electron chi connectivity index (χ0n) is 11.7. The van der Waals surface area contributed by atoms with E-state index in [2.05, 4.69) is 36.9 Å². The van der Waals surface area contributed by atoms with Crippen molar-refractivity contribution in [1.82, 2.24) is 0 Å². The van der Waals surface area contributed by atoms with Gasteiger partial charge in [0.25, 0.3) is 0 Å². The van der Waals surface area contributed by atoms with Crippen molar-refractivity contribution in [2.75, 3.05) is 18.0 Å². The Morgan fingerprint density at radius 1 is 1.26 bits per heavy atom. The molecular formula is C16H22N2O. The zero-order valence-corrected chi connectivity index (χ0v) is 11.7. The van der Waals surface area contributed by atoms with Gasteiger partial charge in [0.2, 0.25) is 0 Å². The first kappa shape index (κ1) is 13.7. The summed E-state index contributed by atoms with van der Waals surface area (Å²) in [6.45, 7) is 6.78. The Hall–Kier alpha value is -1.74. The third-order valence-electron chi connectivity index (χ3n) is 3.34. The summed E-state index contributed by atoms with van der Waals surface area (Å²) < 4.78 is 5.43. The molecule has 0 saturated heterocycles. The fraction of sp³-hybridized carbons (Fsp3) is 0.375. The molecule has 0 aliphatic rings. The Balaban J connectivity index is 2.18. The number of aryl methyl sites for hydroxylation is 1. The first-order chi connectivity index (χ1) is 9.24. The lowest BCUT2D eigenvalue weighted by molar-refractivity contribution is 0.503. The smallest absolute Gasteiger partial charge is 0.123 e. The number of hydrogen-bond donors (Lipinski definition) is 1. The molecule has 2 aromatic rings. The van der Waals surface area contributed by atoms with Crippen molar-refractivity contribution in [3.05, 3.63) is 53.5 Å². The van der Waals surface area contributed by atoms with Crippen LogP contribution in [-0.4, -0.2) is 13.1 Å². The molecule has 0 bridgehead atoms. The van der Waals surface area contributed by atoms with Crippen molar-refractivity contribution in [1.29, 1.82) is 0 Å². The largest absolute Gasteiger partial charge is 0.467 e. The van der Waals surface area contributed by atoms with Crippen LogP contribution in [-0.2, 0) is 13.0 Å². The average Bonchev–Trinajstić information content (AvgIpc) is 2.90. The number of rotatable bonds is 6. The van der Waals surface area contributed by atoms with E-state index in [1.165, 1.54) is 16.8 Å². The summed E-state index contributed by atoms with van der Waals surface area (Å²) in [7, 11) is 0. The quantitative estimate of drug-likeness (QED) is 0.865. The molecule has 0 spiro atoms. The molecule has 0 aliphatic carbocycles. The normalized spacial score (nSPS) is 10.7. The van der Waals surface area contributed by atoms with Crippen LogP contribution in [0.15, 0.2) is 41.0 Å². The third-order valence-corrected chi connectivity index (χ3v) is 3.34. The van der Waals surface area contributed by atoms with Crippen molar-refractivity contribution >= 4 is 5.69 Å². The molecule has 0 saturated carbocycles. The Morgan fingerprint density at radius 2 is 2.11 bits per heavy atom. The highest BCUT2D eigenvalue weighted by Crippen LogP contribution is 2.23. The monoisotopic (exact) mass is 258 g/mol. The van der Waals surface area contributed by atoms with Crippen molar-refractivity contribution in [3.63, 3.8) is 0 Å². The number of benzene rings is 1. The van der Waals surface area contributed by atoms with Crippen LogP contribution in [0, 0.1) is 6.92 Å². The van der Waals surface area contributed by atoms with E-state index in [0.29, 0.717) is 6.54 Å². The molecule has 2 N–H and O–H groups in total. The molecule has 19 heavy (non-hydrogen) atoms. The van der Waals surface area contributed by atoms with E-state index in [-0.39, 0.29) is 0 Å². The van der Waals surface area contributed by atoms with Crippen LogP contribution < -0.4 is 10.6 Å². The van der Waals surface area contributed by atoms with Crippen LogP contribution >= 0.6 is 0 Å². The van der Waals surface area contributed by atoms with Gasteiger partial charge in [-0.1, -0.05) is 12.1 Å². The Kier molecular flexibility index (Phi) is 4.63. The molecule has 0 atom stereocenters. The topological polar surface area (TPSA) is 42.4 Å². The van der Waals surface area contributed by atoms with Gasteiger partial charge in [0.15, 0.2) is 0 Å². The van der Waals surface area contributed by atoms with Gasteiger partial charge >= 0.3 is 0 Å². The van der Waals surface area contributed by atoms with Crippen LogP contribution in [0.3, 0.4) is 0 Å². The number of hydrogen-bond acceptors (Lipinski definition) is 3. The number of nitrogens with two attached hydrogens (primary N) is 1. The van der Waals surface area contributed by atoms with Gasteiger partial charge in [0.1, 0.15) is 5.76 Å². The zero-order chi connectivity index (χ0) is 13.7. The molecule has 2 rings (SSSR count). The van der Waals surface area contributed by atoms with Gasteiger partial charge in [-0.15, -0.1) is 0 Å². The summed E-state index contributed by atoms with van der Waals surface area (Å²) in [6, 6.07) is 10.5. The average molecular weight is 258 g/mol. The van der Waals surface area contributed by atoms with E-state index in [1.807, 2.05) is 12.1 Å². The minimum Gasteiger partial charge on any atom is -0.467 e. The minimum absolute atomic E-state index is 0.697. The highest BCUT2D eigenvalue weighted by atomic mass is 16.3. The first-order valence-corrected chi connectivity index (χ1v) is 6.81. The molecule has 0 amide bonds. The van der Waals surface area contributed by atoms with Crippen LogP contribution in [0.2, 0.25) is 0 Å². The van der Waals surface area contributed by atoms with Crippen LogP contribution in [0.25, 0.3) is 0 Å². The van der Waals surface area contributed by atoms with E-state index in [4.69, 9.17) is 10.2 Å². The molecule has 0 aliphatic heterocycles. The molecule has 3 heteroatoms. The second-order valence-corrected chi connectivity index (χ2v) is 4.75. The molecule has 0 unspecified atom stereocenters. The highest BCUT2D eigenvalue weighted by molar-refractivity contribution is 5.54. The molecule has 1 heterocycles. The maximum absolute atomic E-state index is 5.60. The predicted octanol–water partition coefficient (Wildman–Crippen LogP) is 3.12. The van der Waals surface area contributed by atoms with E-state index >= 15 is 0 Å². The lowest BCUT2D eigenvalue weighted by atomic mass is 10.1. The maximum Gasteiger partial charge on any atom is 0.123 e. The van der Waals surface area contributed by atoms with E-state index in [9.17, 15) is 0 Å². The van der Waals surface area contributed by atoms with Crippen molar-refractivity contribution in [3.8, 4) is 0 Å². The van der Waals surface area contributed by atoms with Crippen molar-refractivity contribution in [2.24, 2.45) is 5.73 Å². The summed E-state index contributed by atoms with van der Waals surface area (Å²) in [4.78, 5) is 2.32. The van der Waals surface area contributed by atoms with Crippen molar-refractivity contribution in [2.45, 2.75) is 26.8 Å². The molecular weight excluding hydrogens is 236 g/mol. The lowest BCUT2D eigenvalue weighted by Gasteiger charge is -2.24. The molecule has 1 aromatic carbocycles. The van der Waals surface area contributed by atoms with Gasteiger partial charge in [-0.25, -0.2) is 0 Å². The molecule has 0 radical (unpaired) electrons. The van der Waals surface area contributed by atoms with Gasteiger partial charge in [-0.3, -0.25) is 0 Å². The summed E-state index contributed by atoms with van der Waals surface area (Å²) in [5.41, 5.74) is 9.46. The van der Waals surface area contributed by atoms with Crippen LogP contribution in [0.4, 0.5) is 5.69 Å². The van der Waals surface area contributed by atoms with Gasteiger partial charge < -0.3 is 15.1 Å². The second-order valence-electron chi connectivity index (χ2n) is 4.75.